The first kappa shape index (κ1) is 24.8. The molecule has 0 bridgehead atoms. The van der Waals surface area contributed by atoms with Crippen LogP contribution in [0.2, 0.25) is 0 Å². The third kappa shape index (κ3) is 4.63. The van der Waals surface area contributed by atoms with Crippen molar-refractivity contribution in [1.82, 2.24) is 9.97 Å². The summed E-state index contributed by atoms with van der Waals surface area (Å²) in [7, 11) is 0. The molecule has 1 atom stereocenters. The summed E-state index contributed by atoms with van der Waals surface area (Å²) in [6.45, 7) is 7.42. The van der Waals surface area contributed by atoms with Crippen molar-refractivity contribution in [1.29, 1.82) is 0 Å². The molecule has 0 spiro atoms. The van der Waals surface area contributed by atoms with Gasteiger partial charge in [-0.3, -0.25) is 19.5 Å². The van der Waals surface area contributed by atoms with Gasteiger partial charge < -0.3 is 14.6 Å². The van der Waals surface area contributed by atoms with E-state index >= 15 is 0 Å². The Morgan fingerprint density at radius 1 is 1.25 bits per heavy atom. The number of carbonyl (C=O) groups excluding carboxylic acids is 3. The van der Waals surface area contributed by atoms with Crippen molar-refractivity contribution in [3.05, 3.63) is 88.7 Å². The summed E-state index contributed by atoms with van der Waals surface area (Å²) in [6, 6.07) is 8.98. The van der Waals surface area contributed by atoms with Gasteiger partial charge in [0.25, 0.3) is 5.78 Å². The number of anilines is 1. The third-order valence-corrected chi connectivity index (χ3v) is 6.53. The molecule has 3 heterocycles. The van der Waals surface area contributed by atoms with Gasteiger partial charge in [0.15, 0.2) is 5.13 Å². The van der Waals surface area contributed by atoms with Crippen molar-refractivity contribution in [2.75, 3.05) is 18.1 Å². The lowest BCUT2D eigenvalue weighted by Crippen LogP contribution is -2.29. The summed E-state index contributed by atoms with van der Waals surface area (Å²) < 4.78 is 10.7. The fourth-order valence-electron chi connectivity index (χ4n) is 3.83. The average Bonchev–Trinajstić information content (AvgIpc) is 3.39. The minimum absolute atomic E-state index is 0.0200. The number of aromatic nitrogens is 2. The summed E-state index contributed by atoms with van der Waals surface area (Å²) in [5, 5.41) is 11.3. The first-order valence-corrected chi connectivity index (χ1v) is 11.9. The number of ether oxygens (including phenoxy) is 2. The van der Waals surface area contributed by atoms with E-state index in [2.05, 4.69) is 16.5 Å². The molecule has 36 heavy (non-hydrogen) atoms. The predicted octanol–water partition coefficient (Wildman–Crippen LogP) is 4.21. The molecular formula is C26H23N3O6S. The van der Waals surface area contributed by atoms with E-state index in [9.17, 15) is 19.5 Å². The number of ketones is 1. The van der Waals surface area contributed by atoms with Crippen molar-refractivity contribution in [3.8, 4) is 5.75 Å². The van der Waals surface area contributed by atoms with Gasteiger partial charge in [0, 0.05) is 18.0 Å². The van der Waals surface area contributed by atoms with Crippen molar-refractivity contribution in [2.24, 2.45) is 0 Å². The number of Topliss-reactive ketones (excluding diaryl/α,β-unsaturated/α-hetero) is 1. The second kappa shape index (κ2) is 10.5. The van der Waals surface area contributed by atoms with Crippen LogP contribution in [0, 0.1) is 6.92 Å². The minimum Gasteiger partial charge on any atom is -0.507 e. The number of aliphatic hydroxyl groups excluding tert-OH is 1. The Balaban J connectivity index is 1.89. The molecule has 3 aromatic rings. The molecule has 1 unspecified atom stereocenters. The van der Waals surface area contributed by atoms with Crippen LogP contribution in [0.15, 0.2) is 67.0 Å². The number of aliphatic hydroxyl groups is 1. The van der Waals surface area contributed by atoms with Crippen LogP contribution >= 0.6 is 11.3 Å². The largest absolute Gasteiger partial charge is 0.507 e. The van der Waals surface area contributed by atoms with Gasteiger partial charge in [-0.2, -0.15) is 0 Å². The number of aryl methyl sites for hydroxylation is 1. The van der Waals surface area contributed by atoms with E-state index in [1.165, 1.54) is 35.5 Å². The van der Waals surface area contributed by atoms with Gasteiger partial charge in [-0.1, -0.05) is 36.1 Å². The Labute approximate surface area is 211 Å². The number of hydrogen-bond acceptors (Lipinski definition) is 9. The quantitative estimate of drug-likeness (QED) is 0.159. The van der Waals surface area contributed by atoms with E-state index in [1.807, 2.05) is 6.92 Å². The first-order valence-electron chi connectivity index (χ1n) is 11.1. The summed E-state index contributed by atoms with van der Waals surface area (Å²) in [6.07, 6.45) is 4.39. The Morgan fingerprint density at radius 3 is 2.69 bits per heavy atom. The molecule has 10 heteroatoms. The number of benzene rings is 1. The minimum atomic E-state index is -1.01. The van der Waals surface area contributed by atoms with Crippen molar-refractivity contribution in [3.63, 3.8) is 0 Å². The second-order valence-corrected chi connectivity index (χ2v) is 8.69. The number of nitrogens with zero attached hydrogens (tertiary/aromatic N) is 3. The molecule has 1 N–H and O–H groups in total. The topological polar surface area (TPSA) is 119 Å². The number of rotatable bonds is 8. The first-order chi connectivity index (χ1) is 17.4. The lowest BCUT2D eigenvalue weighted by atomic mass is 9.95. The van der Waals surface area contributed by atoms with E-state index in [0.717, 1.165) is 11.3 Å². The van der Waals surface area contributed by atoms with Crippen LogP contribution in [0.4, 0.5) is 5.13 Å². The van der Waals surface area contributed by atoms with Gasteiger partial charge in [0.05, 0.1) is 23.9 Å². The molecule has 1 aromatic carbocycles. The number of hydrogen-bond donors (Lipinski definition) is 1. The number of carbonyl (C=O) groups is 3. The molecule has 2 aromatic heterocycles. The normalized spacial score (nSPS) is 16.7. The van der Waals surface area contributed by atoms with Gasteiger partial charge in [0.1, 0.15) is 23.0 Å². The maximum Gasteiger partial charge on any atom is 0.350 e. The van der Waals surface area contributed by atoms with Gasteiger partial charge in [-0.25, -0.2) is 9.78 Å². The molecule has 1 aliphatic rings. The predicted molar refractivity (Wildman–Crippen MR) is 134 cm³/mol. The number of amides is 1. The van der Waals surface area contributed by atoms with Crippen LogP contribution in [0.1, 0.15) is 39.5 Å². The highest BCUT2D eigenvalue weighted by atomic mass is 32.1. The van der Waals surface area contributed by atoms with Crippen LogP contribution in [0.25, 0.3) is 5.76 Å². The average molecular weight is 506 g/mol. The lowest BCUT2D eigenvalue weighted by molar-refractivity contribution is -0.132. The van der Waals surface area contributed by atoms with Crippen LogP contribution in [-0.4, -0.2) is 45.9 Å². The van der Waals surface area contributed by atoms with Gasteiger partial charge in [-0.05, 0) is 43.7 Å². The number of esters is 1. The molecular weight excluding hydrogens is 482 g/mol. The van der Waals surface area contributed by atoms with Gasteiger partial charge in [-0.15, -0.1) is 0 Å². The number of thiazole rings is 1. The maximum atomic E-state index is 13.3. The van der Waals surface area contributed by atoms with Crippen LogP contribution < -0.4 is 9.64 Å². The molecule has 0 aliphatic carbocycles. The smallest absolute Gasteiger partial charge is 0.350 e. The number of pyridine rings is 1. The molecule has 1 fully saturated rings. The maximum absolute atomic E-state index is 13.3. The summed E-state index contributed by atoms with van der Waals surface area (Å²) in [5.74, 6) is -2.17. The SMILES string of the molecule is C=CCOC(=O)c1sc(N2C(=O)C(=O)/C(=C(/O)c3ccncc3)C2c2cccc(OCC)c2)nc1C. The summed E-state index contributed by atoms with van der Waals surface area (Å²) >= 11 is 0.931. The molecule has 184 valence electrons. The van der Waals surface area contributed by atoms with Gasteiger partial charge in [0.2, 0.25) is 0 Å². The van der Waals surface area contributed by atoms with E-state index in [4.69, 9.17) is 9.47 Å². The molecule has 4 rings (SSSR count). The fourth-order valence-corrected chi connectivity index (χ4v) is 4.81. The van der Waals surface area contributed by atoms with Crippen molar-refractivity contribution >= 4 is 39.9 Å². The van der Waals surface area contributed by atoms with E-state index < -0.39 is 23.7 Å². The molecule has 9 nitrogen and oxygen atoms in total. The Hall–Kier alpha value is -4.31. The molecule has 1 aliphatic heterocycles. The Bertz CT molecular complexity index is 1370. The van der Waals surface area contributed by atoms with E-state index in [-0.39, 0.29) is 27.9 Å². The van der Waals surface area contributed by atoms with Crippen molar-refractivity contribution in [2.45, 2.75) is 19.9 Å². The highest BCUT2D eigenvalue weighted by Gasteiger charge is 2.48. The summed E-state index contributed by atoms with van der Waals surface area (Å²) in [4.78, 5) is 48.8. The van der Waals surface area contributed by atoms with Gasteiger partial charge >= 0.3 is 11.9 Å². The van der Waals surface area contributed by atoms with E-state index in [1.54, 1.807) is 31.2 Å². The standard InChI is InChI=1S/C26H23N3O6S/c1-4-13-35-25(33)23-15(3)28-26(36-23)29-20(17-7-6-8-18(14-17)34-5-2)19(22(31)24(29)32)21(30)16-9-11-27-12-10-16/h4,6-12,14,20,30H,1,5,13H2,2-3H3/b21-19+. The van der Waals surface area contributed by atoms with Crippen molar-refractivity contribution < 1.29 is 29.0 Å². The van der Waals surface area contributed by atoms with Crippen LogP contribution in [0.3, 0.4) is 0 Å². The molecule has 1 amide bonds. The third-order valence-electron chi connectivity index (χ3n) is 5.39. The highest BCUT2D eigenvalue weighted by molar-refractivity contribution is 7.17. The highest BCUT2D eigenvalue weighted by Crippen LogP contribution is 2.44. The zero-order valence-electron chi connectivity index (χ0n) is 19.6. The summed E-state index contributed by atoms with van der Waals surface area (Å²) in [5.41, 5.74) is 1.10. The zero-order chi connectivity index (χ0) is 25.8. The molecule has 0 saturated carbocycles. The lowest BCUT2D eigenvalue weighted by Gasteiger charge is -2.23. The second-order valence-electron chi connectivity index (χ2n) is 7.71. The molecule has 1 saturated heterocycles. The monoisotopic (exact) mass is 505 g/mol. The van der Waals surface area contributed by atoms with Crippen LogP contribution in [0.5, 0.6) is 5.75 Å². The Morgan fingerprint density at radius 2 is 2.00 bits per heavy atom. The fraction of sp³-hybridized carbons (Fsp3) is 0.192. The Kier molecular flexibility index (Phi) is 7.25. The zero-order valence-corrected chi connectivity index (χ0v) is 20.4. The molecule has 0 radical (unpaired) electrons. The van der Waals surface area contributed by atoms with Crippen LogP contribution in [-0.2, 0) is 14.3 Å². The van der Waals surface area contributed by atoms with E-state index in [0.29, 0.717) is 29.2 Å².